The van der Waals surface area contributed by atoms with Crippen LogP contribution in [0.5, 0.6) is 0 Å². The van der Waals surface area contributed by atoms with Crippen molar-refractivity contribution in [1.29, 1.82) is 0 Å². The van der Waals surface area contributed by atoms with Crippen LogP contribution in [-0.2, 0) is 25.5 Å². The van der Waals surface area contributed by atoms with E-state index in [1.54, 1.807) is 22.3 Å². The van der Waals surface area contributed by atoms with Gasteiger partial charge < -0.3 is 39.9 Å². The Hall–Kier alpha value is -2.35. The molecule has 3 heterocycles. The zero-order valence-electron chi connectivity index (χ0n) is 23.1. The number of fused-ring (bicyclic) bond motifs is 1. The summed E-state index contributed by atoms with van der Waals surface area (Å²) in [7, 11) is 0. The van der Waals surface area contributed by atoms with Crippen molar-refractivity contribution in [3.8, 4) is 0 Å². The molecule has 1 amide bonds. The molecule has 2 unspecified atom stereocenters. The van der Waals surface area contributed by atoms with Crippen LogP contribution in [0, 0.1) is 0 Å². The van der Waals surface area contributed by atoms with Crippen molar-refractivity contribution in [2.24, 2.45) is 0 Å². The lowest BCUT2D eigenvalue weighted by molar-refractivity contribution is -0.292. The third kappa shape index (κ3) is 8.18. The van der Waals surface area contributed by atoms with Gasteiger partial charge in [-0.1, -0.05) is 54.1 Å². The monoisotopic (exact) mass is 623 g/mol. The maximum atomic E-state index is 12.4. The molecule has 0 saturated carbocycles. The molecule has 230 valence electrons. The van der Waals surface area contributed by atoms with Crippen LogP contribution >= 0.6 is 22.9 Å². The maximum absolute atomic E-state index is 12.4. The summed E-state index contributed by atoms with van der Waals surface area (Å²) in [6.45, 7) is -0.195. The molecule has 0 radical (unpaired) electrons. The predicted molar refractivity (Wildman–Crippen MR) is 158 cm³/mol. The first-order chi connectivity index (χ1) is 20.2. The number of esters is 1. The van der Waals surface area contributed by atoms with Gasteiger partial charge >= 0.3 is 5.97 Å². The van der Waals surface area contributed by atoms with Gasteiger partial charge in [-0.3, -0.25) is 9.59 Å². The predicted octanol–water partition coefficient (Wildman–Crippen LogP) is 2.47. The van der Waals surface area contributed by atoms with Crippen molar-refractivity contribution in [3.63, 3.8) is 0 Å². The number of rotatable bonds is 13. The van der Waals surface area contributed by atoms with E-state index in [0.717, 1.165) is 20.0 Å². The van der Waals surface area contributed by atoms with E-state index < -0.39 is 49.4 Å². The fourth-order valence-corrected chi connectivity index (χ4v) is 6.62. The summed E-state index contributed by atoms with van der Waals surface area (Å²) in [6, 6.07) is 7.87. The first kappa shape index (κ1) is 32.6. The molecule has 2 aromatic rings. The van der Waals surface area contributed by atoms with E-state index >= 15 is 0 Å². The van der Waals surface area contributed by atoms with Crippen LogP contribution in [0.3, 0.4) is 0 Å². The van der Waals surface area contributed by atoms with Crippen LogP contribution in [0.1, 0.15) is 43.4 Å². The lowest BCUT2D eigenvalue weighted by Crippen LogP contribution is -2.59. The molecular formula is C30H38ClNO9S. The normalized spacial score (nSPS) is 27.5. The molecule has 4 rings (SSSR count). The van der Waals surface area contributed by atoms with E-state index in [0.29, 0.717) is 45.1 Å². The van der Waals surface area contributed by atoms with Crippen molar-refractivity contribution in [2.75, 3.05) is 13.2 Å². The van der Waals surface area contributed by atoms with Gasteiger partial charge in [0.2, 0.25) is 12.2 Å². The van der Waals surface area contributed by atoms with E-state index in [1.165, 1.54) is 0 Å². The van der Waals surface area contributed by atoms with Gasteiger partial charge in [-0.15, -0.1) is 11.3 Å². The van der Waals surface area contributed by atoms with Crippen molar-refractivity contribution < 1.29 is 44.6 Å². The SMILES string of the molecule is O=C(CCCC=CCN1C(=O)CC[C@@H]1C=CC(O)CCc1sc2ccccc2c1Cl)OC1O[C@H](CO)[C@@H](O)[C@H](O)[C@H]1O. The van der Waals surface area contributed by atoms with Crippen LogP contribution in [0.25, 0.3) is 10.1 Å². The largest absolute Gasteiger partial charge is 0.433 e. The molecule has 1 aromatic heterocycles. The van der Waals surface area contributed by atoms with Crippen molar-refractivity contribution in [3.05, 3.63) is 58.5 Å². The van der Waals surface area contributed by atoms with Gasteiger partial charge in [-0.05, 0) is 38.2 Å². The number of unbranched alkanes of at least 4 members (excludes halogenated alkanes) is 1. The molecule has 5 N–H and O–H groups in total. The Morgan fingerprint density at radius 1 is 1.19 bits per heavy atom. The van der Waals surface area contributed by atoms with Crippen LogP contribution in [0.2, 0.25) is 5.02 Å². The Bertz CT molecular complexity index is 1260. The van der Waals surface area contributed by atoms with Gasteiger partial charge in [0.05, 0.1) is 23.8 Å². The van der Waals surface area contributed by atoms with E-state index in [2.05, 4.69) is 0 Å². The highest BCUT2D eigenvalue weighted by Gasteiger charge is 2.45. The van der Waals surface area contributed by atoms with Crippen LogP contribution in [-0.4, -0.2) is 98.3 Å². The highest BCUT2D eigenvalue weighted by Crippen LogP contribution is 2.36. The molecule has 2 aliphatic heterocycles. The lowest BCUT2D eigenvalue weighted by atomic mass is 9.99. The van der Waals surface area contributed by atoms with Gasteiger partial charge in [-0.2, -0.15) is 0 Å². The zero-order chi connectivity index (χ0) is 30.2. The number of carbonyl (C=O) groups excluding carboxylic acids is 2. The van der Waals surface area contributed by atoms with Crippen molar-refractivity contribution in [1.82, 2.24) is 4.90 Å². The average molecular weight is 624 g/mol. The molecule has 0 spiro atoms. The molecule has 1 aromatic carbocycles. The van der Waals surface area contributed by atoms with Crippen molar-refractivity contribution >= 4 is 44.9 Å². The molecule has 2 fully saturated rings. The Kier molecular flexibility index (Phi) is 11.9. The van der Waals surface area contributed by atoms with E-state index in [1.807, 2.05) is 42.5 Å². The van der Waals surface area contributed by atoms with Gasteiger partial charge in [0.25, 0.3) is 0 Å². The number of aryl methyl sites for hydroxylation is 1. The fourth-order valence-electron chi connectivity index (χ4n) is 5.07. The van der Waals surface area contributed by atoms with E-state index in [-0.39, 0.29) is 18.4 Å². The number of allylic oxidation sites excluding steroid dienone is 1. The topological polar surface area (TPSA) is 157 Å². The van der Waals surface area contributed by atoms with Crippen LogP contribution in [0.4, 0.5) is 0 Å². The Labute approximate surface area is 253 Å². The summed E-state index contributed by atoms with van der Waals surface area (Å²) in [5.74, 6) is -0.607. The van der Waals surface area contributed by atoms with Gasteiger partial charge in [0.1, 0.15) is 24.4 Å². The summed E-state index contributed by atoms with van der Waals surface area (Å²) in [5.41, 5.74) is 0. The van der Waals surface area contributed by atoms with Gasteiger partial charge in [-0.25, -0.2) is 0 Å². The van der Waals surface area contributed by atoms with Gasteiger partial charge in [0.15, 0.2) is 0 Å². The fraction of sp³-hybridized carbons (Fsp3) is 0.533. The number of halogens is 1. The van der Waals surface area contributed by atoms with Gasteiger partial charge in [0, 0.05) is 34.3 Å². The molecule has 0 aliphatic carbocycles. The van der Waals surface area contributed by atoms with Crippen LogP contribution < -0.4 is 0 Å². The number of likely N-dealkylation sites (tertiary alicyclic amines) is 1. The minimum absolute atomic E-state index is 0.0258. The zero-order valence-corrected chi connectivity index (χ0v) is 24.7. The standard InChI is InChI=1S/C30H38ClNO9S/c31-26-20-7-4-5-8-22(20)42-23(26)14-13-19(34)12-10-18-11-15-24(35)32(18)16-6-2-1-3-9-25(36)41-30-29(39)28(38)27(37)21(17-33)40-30/h2,4-8,10,12,18-19,21,27-30,33-34,37-39H,1,3,9,11,13-17H2/t18-,19?,21+,27+,28-,29+,30?/m0/s1. The summed E-state index contributed by atoms with van der Waals surface area (Å²) >= 11 is 8.16. The van der Waals surface area contributed by atoms with E-state index in [9.17, 15) is 35.1 Å². The number of hydrogen-bond acceptors (Lipinski definition) is 10. The maximum Gasteiger partial charge on any atom is 0.308 e. The quantitative estimate of drug-likeness (QED) is 0.128. The number of ether oxygens (including phenoxy) is 2. The minimum atomic E-state index is -1.63. The molecule has 2 aliphatic rings. The first-order valence-corrected chi connectivity index (χ1v) is 15.4. The number of carbonyl (C=O) groups is 2. The van der Waals surface area contributed by atoms with Crippen LogP contribution in [0.15, 0.2) is 48.6 Å². The number of thiophene rings is 1. The molecule has 2 saturated heterocycles. The smallest absolute Gasteiger partial charge is 0.308 e. The highest BCUT2D eigenvalue weighted by molar-refractivity contribution is 7.19. The summed E-state index contributed by atoms with van der Waals surface area (Å²) in [5, 5.41) is 51.1. The van der Waals surface area contributed by atoms with E-state index in [4.69, 9.17) is 21.1 Å². The molecule has 42 heavy (non-hydrogen) atoms. The third-order valence-electron chi connectivity index (χ3n) is 7.52. The molecule has 12 heteroatoms. The summed E-state index contributed by atoms with van der Waals surface area (Å²) in [4.78, 5) is 27.4. The third-order valence-corrected chi connectivity index (χ3v) is 9.29. The second-order valence-corrected chi connectivity index (χ2v) is 12.0. The summed E-state index contributed by atoms with van der Waals surface area (Å²) in [6.07, 6.45) is 2.67. The number of amides is 1. The number of benzene rings is 1. The highest BCUT2D eigenvalue weighted by atomic mass is 35.5. The average Bonchev–Trinajstić information content (AvgIpc) is 3.50. The van der Waals surface area contributed by atoms with Crippen molar-refractivity contribution in [2.45, 2.75) is 87.8 Å². The molecule has 0 bridgehead atoms. The number of aliphatic hydroxyl groups is 5. The summed E-state index contributed by atoms with van der Waals surface area (Å²) < 4.78 is 11.4. The molecule has 7 atom stereocenters. The number of nitrogens with zero attached hydrogens (tertiary/aromatic N) is 1. The number of aliphatic hydroxyl groups excluding tert-OH is 5. The molecular weight excluding hydrogens is 586 g/mol. The second-order valence-electron chi connectivity index (χ2n) is 10.5. The first-order valence-electron chi connectivity index (χ1n) is 14.2. The minimum Gasteiger partial charge on any atom is -0.433 e. The Balaban J connectivity index is 1.16. The Morgan fingerprint density at radius 3 is 2.74 bits per heavy atom. The Morgan fingerprint density at radius 2 is 1.98 bits per heavy atom. The second kappa shape index (κ2) is 15.4. The molecule has 10 nitrogen and oxygen atoms in total. The number of hydrogen-bond donors (Lipinski definition) is 5. The lowest BCUT2D eigenvalue weighted by Gasteiger charge is -2.39.